The third-order valence-electron chi connectivity index (χ3n) is 4.73. The second-order valence-electron chi connectivity index (χ2n) is 5.85. The minimum Gasteiger partial charge on any atom is -0.481 e. The lowest BCUT2D eigenvalue weighted by Gasteiger charge is -2.29. The molecule has 2 aliphatic rings. The fourth-order valence-electron chi connectivity index (χ4n) is 3.83. The number of benzene rings is 1. The first-order chi connectivity index (χ1) is 9.56. The molecule has 2 bridgehead atoms. The molecule has 0 amide bonds. The zero-order chi connectivity index (χ0) is 14.3. The Labute approximate surface area is 116 Å². The number of carboxylic acid groups (broad SMARTS) is 1. The molecule has 3 rings (SSSR count). The summed E-state index contributed by atoms with van der Waals surface area (Å²) in [6, 6.07) is 3.72. The maximum Gasteiger partial charge on any atom is 0.308 e. The van der Waals surface area contributed by atoms with E-state index in [2.05, 4.69) is 5.32 Å². The molecule has 2 N–H and O–H groups in total. The lowest BCUT2D eigenvalue weighted by molar-refractivity contribution is -0.144. The number of nitrogens with one attached hydrogen (secondary N) is 1. The van der Waals surface area contributed by atoms with Crippen LogP contribution in [0.1, 0.15) is 24.8 Å². The Morgan fingerprint density at radius 3 is 2.70 bits per heavy atom. The predicted molar refractivity (Wildman–Crippen MR) is 68.9 cm³/mol. The van der Waals surface area contributed by atoms with Crippen LogP contribution in [0.5, 0.6) is 0 Å². The molecule has 20 heavy (non-hydrogen) atoms. The van der Waals surface area contributed by atoms with E-state index in [1.165, 1.54) is 6.07 Å². The fourth-order valence-corrected chi connectivity index (χ4v) is 3.83. The van der Waals surface area contributed by atoms with E-state index >= 15 is 0 Å². The van der Waals surface area contributed by atoms with Crippen LogP contribution >= 0.6 is 0 Å². The van der Waals surface area contributed by atoms with Gasteiger partial charge in [-0.15, -0.1) is 0 Å². The van der Waals surface area contributed by atoms with E-state index in [1.54, 1.807) is 0 Å². The molecular weight excluding hydrogens is 264 g/mol. The van der Waals surface area contributed by atoms with E-state index in [4.69, 9.17) is 0 Å². The highest BCUT2D eigenvalue weighted by Gasteiger charge is 2.50. The van der Waals surface area contributed by atoms with E-state index in [9.17, 15) is 18.7 Å². The van der Waals surface area contributed by atoms with Crippen molar-refractivity contribution in [3.63, 3.8) is 0 Å². The van der Waals surface area contributed by atoms with Gasteiger partial charge in [0.05, 0.1) is 5.92 Å². The summed E-state index contributed by atoms with van der Waals surface area (Å²) >= 11 is 0. The molecule has 0 spiro atoms. The Morgan fingerprint density at radius 1 is 1.25 bits per heavy atom. The van der Waals surface area contributed by atoms with Gasteiger partial charge in [0.15, 0.2) is 11.6 Å². The minimum absolute atomic E-state index is 0.0561. The van der Waals surface area contributed by atoms with Gasteiger partial charge in [-0.3, -0.25) is 4.79 Å². The molecule has 4 atom stereocenters. The van der Waals surface area contributed by atoms with E-state index in [0.29, 0.717) is 18.0 Å². The van der Waals surface area contributed by atoms with Crippen molar-refractivity contribution in [1.29, 1.82) is 0 Å². The molecule has 0 aromatic heterocycles. The number of carbonyl (C=O) groups is 1. The number of hydrogen-bond acceptors (Lipinski definition) is 2. The zero-order valence-corrected chi connectivity index (χ0v) is 11.0. The molecule has 2 fully saturated rings. The first-order valence-corrected chi connectivity index (χ1v) is 6.96. The molecule has 2 saturated carbocycles. The van der Waals surface area contributed by atoms with Gasteiger partial charge in [-0.1, -0.05) is 6.07 Å². The minimum atomic E-state index is -0.868. The van der Waals surface area contributed by atoms with Crippen LogP contribution in [-0.2, 0) is 11.3 Å². The Bertz CT molecular complexity index is 535. The van der Waals surface area contributed by atoms with Crippen molar-refractivity contribution in [2.45, 2.75) is 31.8 Å². The number of halogens is 2. The van der Waals surface area contributed by atoms with Crippen molar-refractivity contribution in [3.8, 4) is 0 Å². The summed E-state index contributed by atoms with van der Waals surface area (Å²) in [6.07, 6.45) is 3.02. The van der Waals surface area contributed by atoms with Crippen molar-refractivity contribution in [1.82, 2.24) is 5.32 Å². The molecule has 0 saturated heterocycles. The first-order valence-electron chi connectivity index (χ1n) is 6.96. The molecule has 0 radical (unpaired) electrons. The molecule has 0 unspecified atom stereocenters. The highest BCUT2D eigenvalue weighted by Crippen LogP contribution is 2.48. The molecule has 2 aliphatic carbocycles. The highest BCUT2D eigenvalue weighted by molar-refractivity contribution is 5.72. The Kier molecular flexibility index (Phi) is 3.46. The smallest absolute Gasteiger partial charge is 0.308 e. The fraction of sp³-hybridized carbons (Fsp3) is 0.533. The molecule has 1 aromatic carbocycles. The SMILES string of the molecule is O=C(O)[C@@H]1[C@H]2CC[C@H](C2)[C@@H]1NCc1ccc(F)c(F)c1. The third kappa shape index (κ3) is 2.30. The quantitative estimate of drug-likeness (QED) is 0.891. The zero-order valence-electron chi connectivity index (χ0n) is 11.0. The maximum atomic E-state index is 13.1. The summed E-state index contributed by atoms with van der Waals surface area (Å²) in [5.74, 6) is -2.17. The Balaban J connectivity index is 1.68. The predicted octanol–water partition coefficient (Wildman–Crippen LogP) is 2.55. The third-order valence-corrected chi connectivity index (χ3v) is 4.73. The lowest BCUT2D eigenvalue weighted by atomic mass is 9.84. The Morgan fingerprint density at radius 2 is 2.00 bits per heavy atom. The van der Waals surface area contributed by atoms with Crippen LogP contribution in [0.3, 0.4) is 0 Å². The van der Waals surface area contributed by atoms with E-state index in [0.717, 1.165) is 31.4 Å². The maximum absolute atomic E-state index is 13.1. The normalized spacial score (nSPS) is 31.7. The van der Waals surface area contributed by atoms with Crippen LogP contribution in [0.4, 0.5) is 8.78 Å². The number of carboxylic acids is 1. The average molecular weight is 281 g/mol. The van der Waals surface area contributed by atoms with Gasteiger partial charge in [0, 0.05) is 12.6 Å². The van der Waals surface area contributed by atoms with Crippen LogP contribution in [-0.4, -0.2) is 17.1 Å². The van der Waals surface area contributed by atoms with E-state index in [1.807, 2.05) is 0 Å². The van der Waals surface area contributed by atoms with Gasteiger partial charge in [0.25, 0.3) is 0 Å². The van der Waals surface area contributed by atoms with Gasteiger partial charge in [-0.25, -0.2) is 8.78 Å². The first kappa shape index (κ1) is 13.5. The molecule has 108 valence electrons. The summed E-state index contributed by atoms with van der Waals surface area (Å²) in [5.41, 5.74) is 0.635. The van der Waals surface area contributed by atoms with Crippen molar-refractivity contribution >= 4 is 5.97 Å². The topological polar surface area (TPSA) is 49.3 Å². The summed E-state index contributed by atoms with van der Waals surface area (Å²) in [4.78, 5) is 11.4. The van der Waals surface area contributed by atoms with Crippen LogP contribution in [0, 0.1) is 29.4 Å². The number of fused-ring (bicyclic) bond motifs is 2. The summed E-state index contributed by atoms with van der Waals surface area (Å²) in [5, 5.41) is 12.6. The average Bonchev–Trinajstić information content (AvgIpc) is 3.00. The Hall–Kier alpha value is -1.49. The molecular formula is C15H17F2NO2. The summed E-state index contributed by atoms with van der Waals surface area (Å²) in [6.45, 7) is 0.370. The lowest BCUT2D eigenvalue weighted by Crippen LogP contribution is -2.43. The van der Waals surface area contributed by atoms with Crippen LogP contribution < -0.4 is 5.32 Å². The van der Waals surface area contributed by atoms with Crippen molar-refractivity contribution in [2.75, 3.05) is 0 Å². The molecule has 3 nitrogen and oxygen atoms in total. The molecule has 0 heterocycles. The number of hydrogen-bond donors (Lipinski definition) is 2. The largest absolute Gasteiger partial charge is 0.481 e. The second kappa shape index (κ2) is 5.13. The van der Waals surface area contributed by atoms with Crippen LogP contribution in [0.25, 0.3) is 0 Å². The molecule has 1 aromatic rings. The summed E-state index contributed by atoms with van der Waals surface area (Å²) in [7, 11) is 0. The van der Waals surface area contributed by atoms with Gasteiger partial charge >= 0.3 is 5.97 Å². The highest BCUT2D eigenvalue weighted by atomic mass is 19.2. The number of rotatable bonds is 4. The number of aliphatic carboxylic acids is 1. The van der Waals surface area contributed by atoms with Gasteiger partial charge in [0.2, 0.25) is 0 Å². The summed E-state index contributed by atoms with van der Waals surface area (Å²) < 4.78 is 26.0. The van der Waals surface area contributed by atoms with E-state index in [-0.39, 0.29) is 17.9 Å². The molecule has 0 aliphatic heterocycles. The van der Waals surface area contributed by atoms with Crippen molar-refractivity contribution in [3.05, 3.63) is 35.4 Å². The van der Waals surface area contributed by atoms with Crippen LogP contribution in [0.15, 0.2) is 18.2 Å². The van der Waals surface area contributed by atoms with Gasteiger partial charge in [-0.2, -0.15) is 0 Å². The van der Waals surface area contributed by atoms with Gasteiger partial charge in [0.1, 0.15) is 0 Å². The second-order valence-corrected chi connectivity index (χ2v) is 5.85. The standard InChI is InChI=1S/C15H17F2NO2/c16-11-4-1-8(5-12(11)17)7-18-14-10-3-2-9(6-10)13(14)15(19)20/h1,4-5,9-10,13-14,18H,2-3,6-7H2,(H,19,20)/t9-,10+,13+,14-/m0/s1. The monoisotopic (exact) mass is 281 g/mol. The van der Waals surface area contributed by atoms with Crippen molar-refractivity contribution in [2.24, 2.45) is 17.8 Å². The molecule has 5 heteroatoms. The van der Waals surface area contributed by atoms with E-state index < -0.39 is 17.6 Å². The van der Waals surface area contributed by atoms with Gasteiger partial charge < -0.3 is 10.4 Å². The van der Waals surface area contributed by atoms with Crippen LogP contribution in [0.2, 0.25) is 0 Å². The van der Waals surface area contributed by atoms with Crippen molar-refractivity contribution < 1.29 is 18.7 Å². The van der Waals surface area contributed by atoms with Gasteiger partial charge in [-0.05, 0) is 48.8 Å².